The van der Waals surface area contributed by atoms with Gasteiger partial charge in [0.25, 0.3) is 0 Å². The number of esters is 1. The van der Waals surface area contributed by atoms with Gasteiger partial charge in [-0.05, 0) is 24.1 Å². The highest BCUT2D eigenvalue weighted by molar-refractivity contribution is 6.30. The fourth-order valence-electron chi connectivity index (χ4n) is 1.27. The highest BCUT2D eigenvalue weighted by Gasteiger charge is 2.13. The molecule has 0 amide bonds. The summed E-state index contributed by atoms with van der Waals surface area (Å²) in [5, 5.41) is 0.665. The highest BCUT2D eigenvalue weighted by atomic mass is 35.5. The van der Waals surface area contributed by atoms with Crippen molar-refractivity contribution in [2.75, 3.05) is 0 Å². The SMILES string of the molecule is CCC[C@@H](N)C(=O)OCc1ccc(Cl)cc1. The van der Waals surface area contributed by atoms with E-state index in [4.69, 9.17) is 22.1 Å². The van der Waals surface area contributed by atoms with Crippen LogP contribution in [-0.2, 0) is 16.1 Å². The molecule has 3 nitrogen and oxygen atoms in total. The van der Waals surface area contributed by atoms with Gasteiger partial charge in [-0.2, -0.15) is 0 Å². The van der Waals surface area contributed by atoms with Gasteiger partial charge in [-0.15, -0.1) is 0 Å². The zero-order valence-electron chi connectivity index (χ0n) is 9.28. The van der Waals surface area contributed by atoms with Crippen LogP contribution in [0.25, 0.3) is 0 Å². The zero-order chi connectivity index (χ0) is 12.0. The molecular weight excluding hydrogens is 226 g/mol. The van der Waals surface area contributed by atoms with Crippen molar-refractivity contribution in [2.45, 2.75) is 32.4 Å². The van der Waals surface area contributed by atoms with Gasteiger partial charge in [-0.1, -0.05) is 37.1 Å². The quantitative estimate of drug-likeness (QED) is 0.806. The summed E-state index contributed by atoms with van der Waals surface area (Å²) in [4.78, 5) is 11.4. The molecule has 0 unspecified atom stereocenters. The third-order valence-corrected chi connectivity index (χ3v) is 2.45. The smallest absolute Gasteiger partial charge is 0.323 e. The van der Waals surface area contributed by atoms with E-state index >= 15 is 0 Å². The average Bonchev–Trinajstić information content (AvgIpc) is 2.28. The zero-order valence-corrected chi connectivity index (χ0v) is 10.0. The molecule has 0 aliphatic heterocycles. The van der Waals surface area contributed by atoms with Crippen LogP contribution in [0.4, 0.5) is 0 Å². The van der Waals surface area contributed by atoms with Gasteiger partial charge in [-0.3, -0.25) is 4.79 Å². The summed E-state index contributed by atoms with van der Waals surface area (Å²) < 4.78 is 5.08. The molecule has 0 aromatic heterocycles. The first-order valence-corrected chi connectivity index (χ1v) is 5.68. The lowest BCUT2D eigenvalue weighted by atomic mass is 10.2. The lowest BCUT2D eigenvalue weighted by molar-refractivity contribution is -0.146. The maximum absolute atomic E-state index is 11.4. The van der Waals surface area contributed by atoms with Crippen molar-refractivity contribution in [2.24, 2.45) is 5.73 Å². The van der Waals surface area contributed by atoms with Crippen LogP contribution < -0.4 is 5.73 Å². The minimum Gasteiger partial charge on any atom is -0.460 e. The Morgan fingerprint density at radius 3 is 2.62 bits per heavy atom. The Hall–Kier alpha value is -1.06. The summed E-state index contributed by atoms with van der Waals surface area (Å²) in [5.74, 6) is -0.350. The number of carbonyl (C=O) groups is 1. The summed E-state index contributed by atoms with van der Waals surface area (Å²) in [5.41, 5.74) is 6.52. The average molecular weight is 242 g/mol. The van der Waals surface area contributed by atoms with E-state index < -0.39 is 6.04 Å². The molecule has 88 valence electrons. The number of hydrogen-bond acceptors (Lipinski definition) is 3. The van der Waals surface area contributed by atoms with Crippen molar-refractivity contribution in [3.05, 3.63) is 34.9 Å². The molecule has 0 radical (unpaired) electrons. The van der Waals surface area contributed by atoms with E-state index in [9.17, 15) is 4.79 Å². The van der Waals surface area contributed by atoms with Crippen LogP contribution in [0.5, 0.6) is 0 Å². The van der Waals surface area contributed by atoms with Crippen LogP contribution in [0.3, 0.4) is 0 Å². The minimum atomic E-state index is -0.516. The van der Waals surface area contributed by atoms with Crippen molar-refractivity contribution < 1.29 is 9.53 Å². The van der Waals surface area contributed by atoms with Gasteiger partial charge in [0.1, 0.15) is 12.6 Å². The molecule has 0 heterocycles. The lowest BCUT2D eigenvalue weighted by Gasteiger charge is -2.10. The second-order valence-electron chi connectivity index (χ2n) is 3.63. The van der Waals surface area contributed by atoms with Crippen LogP contribution in [0, 0.1) is 0 Å². The number of nitrogens with two attached hydrogens (primary N) is 1. The molecule has 1 aromatic rings. The fourth-order valence-corrected chi connectivity index (χ4v) is 1.40. The fraction of sp³-hybridized carbons (Fsp3) is 0.417. The number of benzene rings is 1. The Morgan fingerprint density at radius 1 is 1.44 bits per heavy atom. The predicted octanol–water partition coefficient (Wildman–Crippen LogP) is 2.51. The summed E-state index contributed by atoms with van der Waals surface area (Å²) in [6, 6.07) is 6.65. The highest BCUT2D eigenvalue weighted by Crippen LogP contribution is 2.10. The van der Waals surface area contributed by atoms with Crippen molar-refractivity contribution in [3.8, 4) is 0 Å². The van der Waals surface area contributed by atoms with Gasteiger partial charge in [-0.25, -0.2) is 0 Å². The van der Waals surface area contributed by atoms with Crippen molar-refractivity contribution in [3.63, 3.8) is 0 Å². The Bertz CT molecular complexity index is 337. The maximum atomic E-state index is 11.4. The summed E-state index contributed by atoms with van der Waals surface area (Å²) in [6.45, 7) is 2.22. The molecule has 0 saturated heterocycles. The molecule has 0 saturated carbocycles. The van der Waals surface area contributed by atoms with Crippen LogP contribution >= 0.6 is 11.6 Å². The second kappa shape index (κ2) is 6.51. The first-order valence-electron chi connectivity index (χ1n) is 5.30. The van der Waals surface area contributed by atoms with Crippen molar-refractivity contribution >= 4 is 17.6 Å². The van der Waals surface area contributed by atoms with E-state index in [0.29, 0.717) is 11.4 Å². The van der Waals surface area contributed by atoms with Crippen LogP contribution in [0.15, 0.2) is 24.3 Å². The summed E-state index contributed by atoms with van der Waals surface area (Å²) in [7, 11) is 0. The molecule has 1 atom stereocenters. The molecule has 4 heteroatoms. The van der Waals surface area contributed by atoms with E-state index in [1.54, 1.807) is 12.1 Å². The Labute approximate surface area is 101 Å². The number of halogens is 1. The third kappa shape index (κ3) is 4.21. The van der Waals surface area contributed by atoms with Crippen LogP contribution in [0.2, 0.25) is 5.02 Å². The molecule has 1 aromatic carbocycles. The van der Waals surface area contributed by atoms with Gasteiger partial charge in [0, 0.05) is 5.02 Å². The second-order valence-corrected chi connectivity index (χ2v) is 4.07. The van der Waals surface area contributed by atoms with Gasteiger partial charge in [0.2, 0.25) is 0 Å². The molecular formula is C12H16ClNO2. The van der Waals surface area contributed by atoms with Gasteiger partial charge < -0.3 is 10.5 Å². The van der Waals surface area contributed by atoms with E-state index in [2.05, 4.69) is 0 Å². The van der Waals surface area contributed by atoms with Crippen LogP contribution in [0.1, 0.15) is 25.3 Å². The van der Waals surface area contributed by atoms with Crippen molar-refractivity contribution in [1.82, 2.24) is 0 Å². The minimum absolute atomic E-state index is 0.243. The number of carbonyl (C=O) groups excluding carboxylic acids is 1. The molecule has 0 aliphatic carbocycles. The number of rotatable bonds is 5. The molecule has 2 N–H and O–H groups in total. The van der Waals surface area contributed by atoms with E-state index in [1.807, 2.05) is 19.1 Å². The Morgan fingerprint density at radius 2 is 2.06 bits per heavy atom. The largest absolute Gasteiger partial charge is 0.460 e. The molecule has 0 aliphatic rings. The molecule has 16 heavy (non-hydrogen) atoms. The predicted molar refractivity (Wildman–Crippen MR) is 64.1 cm³/mol. The first-order chi connectivity index (χ1) is 7.63. The van der Waals surface area contributed by atoms with Gasteiger partial charge >= 0.3 is 5.97 Å². The third-order valence-electron chi connectivity index (χ3n) is 2.20. The van der Waals surface area contributed by atoms with E-state index in [-0.39, 0.29) is 12.6 Å². The number of hydrogen-bond donors (Lipinski definition) is 1. The normalized spacial score (nSPS) is 12.2. The van der Waals surface area contributed by atoms with Gasteiger partial charge in [0.15, 0.2) is 0 Å². The topological polar surface area (TPSA) is 52.3 Å². The van der Waals surface area contributed by atoms with Gasteiger partial charge in [0.05, 0.1) is 0 Å². The molecule has 0 spiro atoms. The molecule has 0 fully saturated rings. The first kappa shape index (κ1) is 13.0. The monoisotopic (exact) mass is 241 g/mol. The van der Waals surface area contributed by atoms with E-state index in [0.717, 1.165) is 12.0 Å². The Kier molecular flexibility index (Phi) is 5.29. The summed E-state index contributed by atoms with van der Waals surface area (Å²) in [6.07, 6.45) is 1.52. The molecule has 0 bridgehead atoms. The van der Waals surface area contributed by atoms with Crippen LogP contribution in [-0.4, -0.2) is 12.0 Å². The number of ether oxygens (including phenoxy) is 1. The lowest BCUT2D eigenvalue weighted by Crippen LogP contribution is -2.31. The standard InChI is InChI=1S/C12H16ClNO2/c1-2-3-11(14)12(15)16-8-9-4-6-10(13)7-5-9/h4-7,11H,2-3,8,14H2,1H3/t11-/m1/s1. The molecule has 1 rings (SSSR count). The maximum Gasteiger partial charge on any atom is 0.323 e. The summed E-state index contributed by atoms with van der Waals surface area (Å²) >= 11 is 5.74. The van der Waals surface area contributed by atoms with E-state index in [1.165, 1.54) is 0 Å². The Balaban J connectivity index is 2.39. The van der Waals surface area contributed by atoms with Crippen molar-refractivity contribution in [1.29, 1.82) is 0 Å².